The molecule has 2 nitrogen and oxygen atoms in total. The maximum absolute atomic E-state index is 13.4. The Hall–Kier alpha value is -1.71. The van der Waals surface area contributed by atoms with Gasteiger partial charge in [-0.15, -0.1) is 0 Å². The van der Waals surface area contributed by atoms with Gasteiger partial charge in [0.15, 0.2) is 0 Å². The average Bonchev–Trinajstić information content (AvgIpc) is 2.47. The van der Waals surface area contributed by atoms with Gasteiger partial charge in [-0.25, -0.2) is 4.39 Å². The highest BCUT2D eigenvalue weighted by Gasteiger charge is 2.32. The van der Waals surface area contributed by atoms with Crippen LogP contribution in [0.5, 0.6) is 0 Å². The Morgan fingerprint density at radius 3 is 2.30 bits per heavy atom. The van der Waals surface area contributed by atoms with Gasteiger partial charge in [0.05, 0.1) is 13.2 Å². The van der Waals surface area contributed by atoms with Crippen LogP contribution in [0.2, 0.25) is 0 Å². The molecule has 106 valence electrons. The highest BCUT2D eigenvalue weighted by molar-refractivity contribution is 5.33. The van der Waals surface area contributed by atoms with E-state index >= 15 is 0 Å². The van der Waals surface area contributed by atoms with E-state index in [-0.39, 0.29) is 19.0 Å². The van der Waals surface area contributed by atoms with Gasteiger partial charge < -0.3 is 10.2 Å². The SMILES string of the molecule is Cc1ccccc1CC(CO)(CO)c1cccc(F)c1. The van der Waals surface area contributed by atoms with Crippen LogP contribution in [0, 0.1) is 12.7 Å². The fourth-order valence-corrected chi connectivity index (χ4v) is 2.44. The molecule has 0 heterocycles. The third-order valence-corrected chi connectivity index (χ3v) is 3.83. The Balaban J connectivity index is 2.42. The molecule has 2 aromatic carbocycles. The van der Waals surface area contributed by atoms with Crippen molar-refractivity contribution in [1.82, 2.24) is 0 Å². The van der Waals surface area contributed by atoms with Crippen molar-refractivity contribution in [3.05, 3.63) is 71.0 Å². The largest absolute Gasteiger partial charge is 0.395 e. The molecular formula is C17H19FO2. The average molecular weight is 274 g/mol. The molecule has 0 fully saturated rings. The second-order valence-electron chi connectivity index (χ2n) is 5.21. The lowest BCUT2D eigenvalue weighted by atomic mass is 9.76. The fraction of sp³-hybridized carbons (Fsp3) is 0.294. The maximum Gasteiger partial charge on any atom is 0.123 e. The van der Waals surface area contributed by atoms with E-state index in [0.29, 0.717) is 12.0 Å². The van der Waals surface area contributed by atoms with E-state index in [4.69, 9.17) is 0 Å². The molecule has 0 saturated heterocycles. The summed E-state index contributed by atoms with van der Waals surface area (Å²) in [6.45, 7) is 1.52. The Morgan fingerprint density at radius 2 is 1.70 bits per heavy atom. The van der Waals surface area contributed by atoms with Crippen LogP contribution >= 0.6 is 0 Å². The lowest BCUT2D eigenvalue weighted by Gasteiger charge is -2.31. The van der Waals surface area contributed by atoms with Crippen LogP contribution in [-0.4, -0.2) is 23.4 Å². The molecule has 0 atom stereocenters. The number of benzene rings is 2. The summed E-state index contributed by atoms with van der Waals surface area (Å²) in [6.07, 6.45) is 0.468. The molecule has 0 aliphatic rings. The second kappa shape index (κ2) is 6.16. The Kier molecular flexibility index (Phi) is 4.53. The first kappa shape index (κ1) is 14.7. The van der Waals surface area contributed by atoms with Gasteiger partial charge in [0.25, 0.3) is 0 Å². The van der Waals surface area contributed by atoms with E-state index in [2.05, 4.69) is 0 Å². The van der Waals surface area contributed by atoms with Crippen LogP contribution < -0.4 is 0 Å². The van der Waals surface area contributed by atoms with Crippen LogP contribution in [0.15, 0.2) is 48.5 Å². The van der Waals surface area contributed by atoms with Crippen LogP contribution in [-0.2, 0) is 11.8 Å². The maximum atomic E-state index is 13.4. The Bertz CT molecular complexity index is 577. The molecule has 0 amide bonds. The van der Waals surface area contributed by atoms with Crippen molar-refractivity contribution in [1.29, 1.82) is 0 Å². The minimum Gasteiger partial charge on any atom is -0.395 e. The van der Waals surface area contributed by atoms with Crippen molar-refractivity contribution in [3.63, 3.8) is 0 Å². The summed E-state index contributed by atoms with van der Waals surface area (Å²) in [7, 11) is 0. The zero-order chi connectivity index (χ0) is 14.6. The lowest BCUT2D eigenvalue weighted by molar-refractivity contribution is 0.116. The summed E-state index contributed by atoms with van der Waals surface area (Å²) in [4.78, 5) is 0. The van der Waals surface area contributed by atoms with Crippen LogP contribution in [0.4, 0.5) is 4.39 Å². The molecule has 0 aliphatic heterocycles. The third kappa shape index (κ3) is 2.89. The predicted molar refractivity (Wildman–Crippen MR) is 77.1 cm³/mol. The first-order valence-corrected chi connectivity index (χ1v) is 6.63. The lowest BCUT2D eigenvalue weighted by Crippen LogP contribution is -2.37. The van der Waals surface area contributed by atoms with E-state index in [9.17, 15) is 14.6 Å². The van der Waals surface area contributed by atoms with Crippen LogP contribution in [0.25, 0.3) is 0 Å². The first-order chi connectivity index (χ1) is 9.61. The molecule has 2 N–H and O–H groups in total. The van der Waals surface area contributed by atoms with Gasteiger partial charge in [-0.1, -0.05) is 36.4 Å². The normalized spacial score (nSPS) is 11.6. The second-order valence-corrected chi connectivity index (χ2v) is 5.21. The van der Waals surface area contributed by atoms with Crippen molar-refractivity contribution >= 4 is 0 Å². The molecule has 0 unspecified atom stereocenters. The number of hydrogen-bond donors (Lipinski definition) is 2. The molecule has 0 saturated carbocycles. The molecule has 2 rings (SSSR count). The first-order valence-electron chi connectivity index (χ1n) is 6.63. The zero-order valence-electron chi connectivity index (χ0n) is 11.5. The van der Waals surface area contributed by atoms with Gasteiger partial charge >= 0.3 is 0 Å². The number of rotatable bonds is 5. The predicted octanol–water partition coefficient (Wildman–Crippen LogP) is 2.60. The van der Waals surface area contributed by atoms with Crippen molar-refractivity contribution in [2.24, 2.45) is 0 Å². The number of halogens is 1. The van der Waals surface area contributed by atoms with E-state index < -0.39 is 5.41 Å². The molecule has 20 heavy (non-hydrogen) atoms. The number of hydrogen-bond acceptors (Lipinski definition) is 2. The molecular weight excluding hydrogens is 255 g/mol. The summed E-state index contributed by atoms with van der Waals surface area (Å²) in [5.74, 6) is -0.362. The monoisotopic (exact) mass is 274 g/mol. The Labute approximate surface area is 118 Å². The van der Waals surface area contributed by atoms with Crippen molar-refractivity contribution < 1.29 is 14.6 Å². The molecule has 0 bridgehead atoms. The van der Waals surface area contributed by atoms with Crippen molar-refractivity contribution in [2.45, 2.75) is 18.8 Å². The van der Waals surface area contributed by atoms with Crippen LogP contribution in [0.1, 0.15) is 16.7 Å². The molecule has 0 radical (unpaired) electrons. The molecule has 0 spiro atoms. The van der Waals surface area contributed by atoms with E-state index in [1.54, 1.807) is 12.1 Å². The minimum atomic E-state index is -0.867. The van der Waals surface area contributed by atoms with Gasteiger partial charge in [-0.2, -0.15) is 0 Å². The van der Waals surface area contributed by atoms with Crippen molar-refractivity contribution in [2.75, 3.05) is 13.2 Å². The number of aryl methyl sites for hydroxylation is 1. The fourth-order valence-electron chi connectivity index (χ4n) is 2.44. The van der Waals surface area contributed by atoms with Gasteiger partial charge in [-0.05, 0) is 42.2 Å². The summed E-state index contributed by atoms with van der Waals surface area (Å²) >= 11 is 0. The molecule has 0 aromatic heterocycles. The highest BCUT2D eigenvalue weighted by Crippen LogP contribution is 2.29. The molecule has 2 aromatic rings. The third-order valence-electron chi connectivity index (χ3n) is 3.83. The smallest absolute Gasteiger partial charge is 0.123 e. The summed E-state index contributed by atoms with van der Waals surface area (Å²) in [5, 5.41) is 19.6. The van der Waals surface area contributed by atoms with Gasteiger partial charge in [0, 0.05) is 5.41 Å². The quantitative estimate of drug-likeness (QED) is 0.880. The van der Waals surface area contributed by atoms with Gasteiger partial charge in [0.2, 0.25) is 0 Å². The van der Waals surface area contributed by atoms with Gasteiger partial charge in [0.1, 0.15) is 5.82 Å². The summed E-state index contributed by atoms with van der Waals surface area (Å²) < 4.78 is 13.4. The topological polar surface area (TPSA) is 40.5 Å². The zero-order valence-corrected chi connectivity index (χ0v) is 11.5. The minimum absolute atomic E-state index is 0.235. The van der Waals surface area contributed by atoms with E-state index in [1.807, 2.05) is 31.2 Å². The highest BCUT2D eigenvalue weighted by atomic mass is 19.1. The molecule has 3 heteroatoms. The Morgan fingerprint density at radius 1 is 1.00 bits per heavy atom. The van der Waals surface area contributed by atoms with Crippen molar-refractivity contribution in [3.8, 4) is 0 Å². The summed E-state index contributed by atoms with van der Waals surface area (Å²) in [5.41, 5.74) is 1.88. The van der Waals surface area contributed by atoms with Gasteiger partial charge in [-0.3, -0.25) is 0 Å². The van der Waals surface area contributed by atoms with Crippen LogP contribution in [0.3, 0.4) is 0 Å². The molecule has 0 aliphatic carbocycles. The van der Waals surface area contributed by atoms with E-state index in [1.165, 1.54) is 12.1 Å². The number of aliphatic hydroxyl groups excluding tert-OH is 2. The number of aliphatic hydroxyl groups is 2. The summed E-state index contributed by atoms with van der Waals surface area (Å²) in [6, 6.07) is 13.9. The van der Waals surface area contributed by atoms with E-state index in [0.717, 1.165) is 11.1 Å². The standard InChI is InChI=1S/C17H19FO2/c1-13-5-2-3-6-14(13)10-17(11-19,12-20)15-7-4-8-16(18)9-15/h2-9,19-20H,10-12H2,1H3.